The van der Waals surface area contributed by atoms with E-state index in [0.29, 0.717) is 24.2 Å². The molecule has 232 valence electrons. The lowest BCUT2D eigenvalue weighted by atomic mass is 9.79. The summed E-state index contributed by atoms with van der Waals surface area (Å²) in [6.45, 7) is -0.299. The number of rotatable bonds is 8. The smallest absolute Gasteiger partial charge is 0.332 e. The first-order chi connectivity index (χ1) is 21.3. The molecule has 0 fully saturated rings. The van der Waals surface area contributed by atoms with Gasteiger partial charge in [0.05, 0.1) is 21.8 Å². The molecular weight excluding hydrogens is 625 g/mol. The number of hydrogen-bond acceptors (Lipinski definition) is 7. The van der Waals surface area contributed by atoms with E-state index >= 15 is 0 Å². The number of nitrogens with two attached hydrogens (primary N) is 1. The zero-order valence-corrected chi connectivity index (χ0v) is 25.5. The molecule has 14 heteroatoms. The van der Waals surface area contributed by atoms with E-state index in [1.807, 2.05) is 6.07 Å². The Bertz CT molecular complexity index is 2150. The van der Waals surface area contributed by atoms with Gasteiger partial charge in [-0.1, -0.05) is 48.0 Å². The van der Waals surface area contributed by atoms with E-state index in [1.54, 1.807) is 30.5 Å². The minimum absolute atomic E-state index is 0.0223. The van der Waals surface area contributed by atoms with Crippen molar-refractivity contribution in [3.05, 3.63) is 115 Å². The molecule has 1 unspecified atom stereocenters. The van der Waals surface area contributed by atoms with Crippen LogP contribution in [0.4, 0.5) is 10.2 Å². The summed E-state index contributed by atoms with van der Waals surface area (Å²) in [6.07, 6.45) is 4.39. The normalized spacial score (nSPS) is 17.6. The summed E-state index contributed by atoms with van der Waals surface area (Å²) in [6, 6.07) is 11.1. The van der Waals surface area contributed by atoms with Crippen LogP contribution >= 0.6 is 11.6 Å². The van der Waals surface area contributed by atoms with Crippen molar-refractivity contribution in [1.29, 1.82) is 0 Å². The number of nitrogens with one attached hydrogen (secondary N) is 1. The average Bonchev–Trinajstić information content (AvgIpc) is 3.49. The summed E-state index contributed by atoms with van der Waals surface area (Å²) in [5.41, 5.74) is 5.78. The zero-order chi connectivity index (χ0) is 32.3. The van der Waals surface area contributed by atoms with Crippen molar-refractivity contribution in [3.8, 4) is 11.1 Å². The van der Waals surface area contributed by atoms with Gasteiger partial charge in [0.1, 0.15) is 27.5 Å². The highest BCUT2D eigenvalue weighted by atomic mass is 35.5. The van der Waals surface area contributed by atoms with Crippen molar-refractivity contribution in [2.75, 3.05) is 17.3 Å². The molecule has 0 radical (unpaired) electrons. The second-order valence-electron chi connectivity index (χ2n) is 11.4. The maximum atomic E-state index is 14.5. The molecule has 0 saturated heterocycles. The number of aromatic nitrogens is 3. The fourth-order valence-electron chi connectivity index (χ4n) is 6.30. The molecule has 6 rings (SSSR count). The van der Waals surface area contributed by atoms with E-state index in [0.717, 1.165) is 44.3 Å². The lowest BCUT2D eigenvalue weighted by Crippen LogP contribution is -2.44. The number of primary amides is 1. The van der Waals surface area contributed by atoms with Gasteiger partial charge >= 0.3 is 5.69 Å². The minimum Gasteiger partial charge on any atom is -0.368 e. The molecule has 3 heterocycles. The van der Waals surface area contributed by atoms with Crippen LogP contribution in [-0.4, -0.2) is 46.4 Å². The molecule has 2 amide bonds. The van der Waals surface area contributed by atoms with E-state index in [9.17, 15) is 32.0 Å². The van der Waals surface area contributed by atoms with E-state index in [-0.39, 0.29) is 40.8 Å². The monoisotopic (exact) mass is 651 g/mol. The maximum absolute atomic E-state index is 14.5. The highest BCUT2D eigenvalue weighted by Gasteiger charge is 2.51. The first-order valence-electron chi connectivity index (χ1n) is 14.0. The fourth-order valence-corrected chi connectivity index (χ4v) is 7.19. The van der Waals surface area contributed by atoms with E-state index in [4.69, 9.17) is 17.3 Å². The van der Waals surface area contributed by atoms with Gasteiger partial charge in [0.2, 0.25) is 11.8 Å². The molecule has 1 spiro atoms. The third-order valence-corrected chi connectivity index (χ3v) is 9.82. The number of carbonyl (C=O) groups excluding carboxylic acids is 2. The Morgan fingerprint density at radius 3 is 2.60 bits per heavy atom. The summed E-state index contributed by atoms with van der Waals surface area (Å²) in [5.74, 6) is -1.72. The summed E-state index contributed by atoms with van der Waals surface area (Å²) >= 11 is 6.22. The third-order valence-electron chi connectivity index (χ3n) is 8.40. The number of nitrogens with zero attached hydrogens (tertiary/aromatic N) is 3. The van der Waals surface area contributed by atoms with E-state index in [2.05, 4.69) is 10.3 Å². The van der Waals surface area contributed by atoms with Crippen LogP contribution in [0.15, 0.2) is 70.5 Å². The van der Waals surface area contributed by atoms with Crippen LogP contribution in [0, 0.1) is 5.82 Å². The van der Waals surface area contributed by atoms with Crippen LogP contribution in [0.25, 0.3) is 11.1 Å². The minimum atomic E-state index is -3.42. The molecule has 0 bridgehead atoms. The molecule has 2 aromatic heterocycles. The molecule has 4 aromatic rings. The van der Waals surface area contributed by atoms with Gasteiger partial charge in [-0.3, -0.25) is 23.5 Å². The first-order valence-corrected chi connectivity index (χ1v) is 16.4. The zero-order valence-electron chi connectivity index (χ0n) is 23.9. The fraction of sp³-hybridized carbons (Fsp3) is 0.258. The maximum Gasteiger partial charge on any atom is 0.332 e. The Hall–Kier alpha value is -4.62. The molecule has 3 N–H and O–H groups in total. The second kappa shape index (κ2) is 11.1. The molecular formula is C31H27ClFN5O6S. The molecule has 2 atom stereocenters. The number of fused-ring (bicyclic) bond motifs is 3. The van der Waals surface area contributed by atoms with Crippen LogP contribution in [0.1, 0.15) is 34.7 Å². The first kappa shape index (κ1) is 30.4. The second-order valence-corrected chi connectivity index (χ2v) is 14.0. The van der Waals surface area contributed by atoms with Crippen LogP contribution < -0.4 is 22.3 Å². The Kier molecular flexibility index (Phi) is 7.48. The van der Waals surface area contributed by atoms with Crippen molar-refractivity contribution in [3.63, 3.8) is 0 Å². The number of carbonyl (C=O) groups is 2. The SMILES string of the molecule is CS(=O)(=O)CCCn1c(=O)c(-c2cccc(F)c2Cl)cn(C(C(N)=O)c2ccc3c(c2)C[C@@]2(C3)C(=O)Nc3ncccc32)c1=O. The molecule has 2 aliphatic rings. The van der Waals surface area contributed by atoms with E-state index in [1.165, 1.54) is 12.1 Å². The van der Waals surface area contributed by atoms with Crippen molar-refractivity contribution >= 4 is 39.1 Å². The molecule has 11 nitrogen and oxygen atoms in total. The van der Waals surface area contributed by atoms with Crippen LogP contribution in [0.3, 0.4) is 0 Å². The topological polar surface area (TPSA) is 163 Å². The van der Waals surface area contributed by atoms with Crippen molar-refractivity contribution in [2.24, 2.45) is 5.73 Å². The van der Waals surface area contributed by atoms with Crippen LogP contribution in [-0.2, 0) is 44.2 Å². The Labute approximate surface area is 261 Å². The van der Waals surface area contributed by atoms with Gasteiger partial charge in [0.15, 0.2) is 0 Å². The van der Waals surface area contributed by atoms with Gasteiger partial charge in [-0.25, -0.2) is 22.6 Å². The quantitative estimate of drug-likeness (QED) is 0.295. The number of amides is 2. The Morgan fingerprint density at radius 1 is 1.11 bits per heavy atom. The number of benzene rings is 2. The third kappa shape index (κ3) is 5.25. The molecule has 1 aliphatic heterocycles. The number of anilines is 1. The molecule has 2 aromatic carbocycles. The lowest BCUT2D eigenvalue weighted by molar-refractivity contribution is -0.121. The van der Waals surface area contributed by atoms with Gasteiger partial charge in [-0.05, 0) is 48.1 Å². The summed E-state index contributed by atoms with van der Waals surface area (Å²) < 4.78 is 39.8. The largest absolute Gasteiger partial charge is 0.368 e. The van der Waals surface area contributed by atoms with Crippen LogP contribution in [0.2, 0.25) is 5.02 Å². The molecule has 45 heavy (non-hydrogen) atoms. The Morgan fingerprint density at radius 2 is 1.87 bits per heavy atom. The van der Waals surface area contributed by atoms with Gasteiger partial charge in [0.25, 0.3) is 5.56 Å². The highest BCUT2D eigenvalue weighted by Crippen LogP contribution is 2.47. The predicted octanol–water partition coefficient (Wildman–Crippen LogP) is 2.36. The summed E-state index contributed by atoms with van der Waals surface area (Å²) in [7, 11) is -3.42. The Balaban J connectivity index is 1.48. The predicted molar refractivity (Wildman–Crippen MR) is 165 cm³/mol. The lowest BCUT2D eigenvalue weighted by Gasteiger charge is -2.21. The molecule has 0 saturated carbocycles. The van der Waals surface area contributed by atoms with Gasteiger partial charge in [0, 0.05) is 36.3 Å². The van der Waals surface area contributed by atoms with Crippen LogP contribution in [0.5, 0.6) is 0 Å². The molecule has 1 aliphatic carbocycles. The average molecular weight is 652 g/mol. The number of halogens is 2. The number of hydrogen-bond donors (Lipinski definition) is 2. The summed E-state index contributed by atoms with van der Waals surface area (Å²) in [5, 5.41) is 2.47. The highest BCUT2D eigenvalue weighted by molar-refractivity contribution is 7.90. The van der Waals surface area contributed by atoms with Gasteiger partial charge in [-0.15, -0.1) is 0 Å². The van der Waals surface area contributed by atoms with Gasteiger partial charge in [-0.2, -0.15) is 0 Å². The number of sulfone groups is 1. The summed E-state index contributed by atoms with van der Waals surface area (Å²) in [4.78, 5) is 57.9. The van der Waals surface area contributed by atoms with Gasteiger partial charge < -0.3 is 11.1 Å². The standard InChI is InChI=1S/C31H27ClFN5O6S/c1-45(43,44)12-4-11-37-28(40)21(20-5-2-7-23(33)24(20)32)16-38(30(37)42)25(26(34)39)17-8-9-18-14-31(15-19(18)13-17)22-6-3-10-35-27(22)36-29(31)41/h2-3,5-10,13,16,25H,4,11-12,14-15H2,1H3,(H2,34,39)(H,35,36,41)/t25?,31-/m1/s1. The van der Waals surface area contributed by atoms with Crippen molar-refractivity contribution < 1.29 is 22.4 Å². The van der Waals surface area contributed by atoms with Crippen molar-refractivity contribution in [1.82, 2.24) is 14.1 Å². The van der Waals surface area contributed by atoms with E-state index < -0.39 is 44.3 Å². The number of pyridine rings is 1. The van der Waals surface area contributed by atoms with Crippen molar-refractivity contribution in [2.45, 2.75) is 37.3 Å².